The molecule has 3 aliphatic rings. The Morgan fingerprint density at radius 1 is 1.25 bits per heavy atom. The van der Waals surface area contributed by atoms with Crippen LogP contribution in [0, 0.1) is 5.92 Å². The molecule has 1 aliphatic carbocycles. The smallest absolute Gasteiger partial charge is 0.224 e. The molecule has 4 heteroatoms. The number of likely N-dealkylation sites (tertiary alicyclic amines) is 1. The molecule has 4 nitrogen and oxygen atoms in total. The third kappa shape index (κ3) is 1.71. The average Bonchev–Trinajstić information content (AvgIpc) is 3.01. The average molecular weight is 271 g/mol. The van der Waals surface area contributed by atoms with Crippen molar-refractivity contribution in [2.75, 3.05) is 13.1 Å². The van der Waals surface area contributed by atoms with Crippen LogP contribution in [0.1, 0.15) is 42.5 Å². The maximum atomic E-state index is 11.9. The van der Waals surface area contributed by atoms with Gasteiger partial charge in [0.15, 0.2) is 0 Å². The van der Waals surface area contributed by atoms with Crippen LogP contribution in [0.15, 0.2) is 24.3 Å². The standard InChI is InChI=1S/C16H21N3O/c17-13-8-14(11-5-2-1-4-10(11)13)19-7-3-6-12-15(19)9-18-16(12)20/h1-2,4-5,12-15H,3,6-9,17H2,(H,18,20). The highest BCUT2D eigenvalue weighted by molar-refractivity contribution is 5.82. The zero-order valence-electron chi connectivity index (χ0n) is 11.6. The summed E-state index contributed by atoms with van der Waals surface area (Å²) in [5, 5.41) is 3.04. The van der Waals surface area contributed by atoms with Gasteiger partial charge < -0.3 is 11.1 Å². The van der Waals surface area contributed by atoms with E-state index in [2.05, 4.69) is 34.5 Å². The molecule has 4 rings (SSSR count). The lowest BCUT2D eigenvalue weighted by atomic mass is 9.89. The summed E-state index contributed by atoms with van der Waals surface area (Å²) in [6.07, 6.45) is 3.13. The van der Waals surface area contributed by atoms with Gasteiger partial charge in [0.25, 0.3) is 0 Å². The van der Waals surface area contributed by atoms with Crippen LogP contribution >= 0.6 is 0 Å². The van der Waals surface area contributed by atoms with E-state index >= 15 is 0 Å². The van der Waals surface area contributed by atoms with Crippen molar-refractivity contribution in [1.29, 1.82) is 0 Å². The lowest BCUT2D eigenvalue weighted by Crippen LogP contribution is -2.46. The number of benzene rings is 1. The Balaban J connectivity index is 1.67. The molecule has 0 radical (unpaired) electrons. The summed E-state index contributed by atoms with van der Waals surface area (Å²) in [6, 6.07) is 9.42. The summed E-state index contributed by atoms with van der Waals surface area (Å²) in [5.74, 6) is 0.433. The lowest BCUT2D eigenvalue weighted by Gasteiger charge is -2.40. The highest BCUT2D eigenvalue weighted by atomic mass is 16.2. The second kappa shape index (κ2) is 4.57. The van der Waals surface area contributed by atoms with Crippen molar-refractivity contribution in [2.24, 2.45) is 11.7 Å². The number of fused-ring (bicyclic) bond motifs is 2. The first-order valence-electron chi connectivity index (χ1n) is 7.63. The molecule has 1 amide bonds. The Labute approximate surface area is 119 Å². The van der Waals surface area contributed by atoms with E-state index in [9.17, 15) is 4.79 Å². The molecule has 2 heterocycles. The lowest BCUT2D eigenvalue weighted by molar-refractivity contribution is -0.124. The van der Waals surface area contributed by atoms with Crippen LogP contribution in [-0.2, 0) is 4.79 Å². The molecule has 3 N–H and O–H groups in total. The van der Waals surface area contributed by atoms with Crippen molar-refractivity contribution in [3.8, 4) is 0 Å². The Bertz CT molecular complexity index is 544. The predicted molar refractivity (Wildman–Crippen MR) is 77.0 cm³/mol. The van der Waals surface area contributed by atoms with Crippen molar-refractivity contribution in [1.82, 2.24) is 10.2 Å². The molecule has 0 bridgehead atoms. The van der Waals surface area contributed by atoms with Gasteiger partial charge in [0.1, 0.15) is 0 Å². The summed E-state index contributed by atoms with van der Waals surface area (Å²) in [4.78, 5) is 14.5. The Morgan fingerprint density at radius 2 is 2.05 bits per heavy atom. The minimum Gasteiger partial charge on any atom is -0.354 e. The van der Waals surface area contributed by atoms with Crippen LogP contribution in [-0.4, -0.2) is 29.9 Å². The monoisotopic (exact) mass is 271 g/mol. The number of nitrogens with zero attached hydrogens (tertiary/aromatic N) is 1. The molecule has 4 unspecified atom stereocenters. The van der Waals surface area contributed by atoms with E-state index in [4.69, 9.17) is 5.73 Å². The molecule has 2 aliphatic heterocycles. The van der Waals surface area contributed by atoms with Crippen molar-refractivity contribution in [3.05, 3.63) is 35.4 Å². The first-order chi connectivity index (χ1) is 9.75. The van der Waals surface area contributed by atoms with Gasteiger partial charge in [-0.3, -0.25) is 9.69 Å². The Kier molecular flexibility index (Phi) is 2.82. The number of nitrogens with two attached hydrogens (primary N) is 1. The van der Waals surface area contributed by atoms with Gasteiger partial charge >= 0.3 is 0 Å². The number of carbonyl (C=O) groups is 1. The van der Waals surface area contributed by atoms with Crippen LogP contribution in [0.25, 0.3) is 0 Å². The number of hydrogen-bond donors (Lipinski definition) is 2. The van der Waals surface area contributed by atoms with Gasteiger partial charge in [-0.25, -0.2) is 0 Å². The molecule has 4 atom stereocenters. The molecule has 106 valence electrons. The summed E-state index contributed by atoms with van der Waals surface area (Å²) < 4.78 is 0. The fourth-order valence-electron chi connectivity index (χ4n) is 4.33. The number of amides is 1. The fraction of sp³-hybridized carbons (Fsp3) is 0.562. The summed E-state index contributed by atoms with van der Waals surface area (Å²) in [6.45, 7) is 1.89. The molecule has 0 saturated carbocycles. The Morgan fingerprint density at radius 3 is 2.90 bits per heavy atom. The third-order valence-corrected chi connectivity index (χ3v) is 5.28. The van der Waals surface area contributed by atoms with Crippen molar-refractivity contribution in [3.63, 3.8) is 0 Å². The van der Waals surface area contributed by atoms with Gasteiger partial charge in [0.05, 0.1) is 5.92 Å². The molecular weight excluding hydrogens is 250 g/mol. The van der Waals surface area contributed by atoms with Crippen molar-refractivity contribution < 1.29 is 4.79 Å². The van der Waals surface area contributed by atoms with Crippen LogP contribution in [0.3, 0.4) is 0 Å². The largest absolute Gasteiger partial charge is 0.354 e. The van der Waals surface area contributed by atoms with Crippen LogP contribution in [0.5, 0.6) is 0 Å². The molecular formula is C16H21N3O. The number of rotatable bonds is 1. The molecule has 0 spiro atoms. The quantitative estimate of drug-likeness (QED) is 0.810. The van der Waals surface area contributed by atoms with Crippen molar-refractivity contribution in [2.45, 2.75) is 37.4 Å². The van der Waals surface area contributed by atoms with Crippen LogP contribution < -0.4 is 11.1 Å². The molecule has 2 fully saturated rings. The molecule has 1 aromatic carbocycles. The van der Waals surface area contributed by atoms with Crippen LogP contribution in [0.4, 0.5) is 0 Å². The molecule has 20 heavy (non-hydrogen) atoms. The topological polar surface area (TPSA) is 58.4 Å². The SMILES string of the molecule is NC1CC(N2CCCC3C(=O)NCC32)c2ccccc21. The fourth-order valence-corrected chi connectivity index (χ4v) is 4.33. The zero-order valence-corrected chi connectivity index (χ0v) is 11.6. The minimum atomic E-state index is 0.140. The minimum absolute atomic E-state index is 0.140. The van der Waals surface area contributed by atoms with Gasteiger partial charge in [0, 0.05) is 24.7 Å². The number of piperidine rings is 1. The molecule has 2 saturated heterocycles. The Hall–Kier alpha value is -1.39. The van der Waals surface area contributed by atoms with E-state index in [-0.39, 0.29) is 17.9 Å². The second-order valence-electron chi connectivity index (χ2n) is 6.29. The maximum Gasteiger partial charge on any atom is 0.224 e. The van der Waals surface area contributed by atoms with E-state index in [1.54, 1.807) is 0 Å². The summed E-state index contributed by atoms with van der Waals surface area (Å²) in [5.41, 5.74) is 8.96. The number of nitrogens with one attached hydrogen (secondary N) is 1. The van der Waals surface area contributed by atoms with Gasteiger partial charge in [-0.1, -0.05) is 24.3 Å². The first-order valence-corrected chi connectivity index (χ1v) is 7.63. The van der Waals surface area contributed by atoms with E-state index < -0.39 is 0 Å². The summed E-state index contributed by atoms with van der Waals surface area (Å²) >= 11 is 0. The highest BCUT2D eigenvalue weighted by Gasteiger charge is 2.45. The van der Waals surface area contributed by atoms with Gasteiger partial charge in [-0.15, -0.1) is 0 Å². The van der Waals surface area contributed by atoms with E-state index in [1.165, 1.54) is 11.1 Å². The van der Waals surface area contributed by atoms with Crippen LogP contribution in [0.2, 0.25) is 0 Å². The van der Waals surface area contributed by atoms with Gasteiger partial charge in [-0.05, 0) is 36.9 Å². The summed E-state index contributed by atoms with van der Waals surface area (Å²) in [7, 11) is 0. The van der Waals surface area contributed by atoms with Crippen molar-refractivity contribution >= 4 is 5.91 Å². The third-order valence-electron chi connectivity index (χ3n) is 5.28. The predicted octanol–water partition coefficient (Wildman–Crippen LogP) is 1.34. The van der Waals surface area contributed by atoms with E-state index in [0.29, 0.717) is 12.1 Å². The molecule has 1 aromatic rings. The van der Waals surface area contributed by atoms with E-state index in [1.807, 2.05) is 0 Å². The van der Waals surface area contributed by atoms with Gasteiger partial charge in [-0.2, -0.15) is 0 Å². The maximum absolute atomic E-state index is 11.9. The number of hydrogen-bond acceptors (Lipinski definition) is 3. The van der Waals surface area contributed by atoms with E-state index in [0.717, 1.165) is 32.4 Å². The second-order valence-corrected chi connectivity index (χ2v) is 6.29. The first kappa shape index (κ1) is 12.4. The zero-order chi connectivity index (χ0) is 13.7. The molecule has 0 aromatic heterocycles. The number of carbonyl (C=O) groups excluding carboxylic acids is 1. The van der Waals surface area contributed by atoms with Gasteiger partial charge in [0.2, 0.25) is 5.91 Å². The highest BCUT2D eigenvalue weighted by Crippen LogP contribution is 2.44. The normalized spacial score (nSPS) is 36.5.